The molecule has 1 fully saturated rings. The van der Waals surface area contributed by atoms with Gasteiger partial charge in [-0.25, -0.2) is 0 Å². The van der Waals surface area contributed by atoms with Gasteiger partial charge in [0.25, 0.3) is 0 Å². The molecule has 160 valence electrons. The van der Waals surface area contributed by atoms with Crippen LogP contribution in [-0.2, 0) is 0 Å². The molecular formula is C23H14F6O2. The SMILES string of the molecule is CC12Oc3ccccc3C1=C1C(=C3c4ccccc4OC32C)C(F)(F)C(F)(F)C1(F)F. The molecule has 2 unspecified atom stereocenters. The normalized spacial score (nSPS) is 32.5. The van der Waals surface area contributed by atoms with Crippen molar-refractivity contribution in [1.82, 2.24) is 0 Å². The first kappa shape index (κ1) is 18.8. The molecule has 0 radical (unpaired) electrons. The molecule has 2 aromatic carbocycles. The number of para-hydroxylation sites is 2. The predicted octanol–water partition coefficient (Wildman–Crippen LogP) is 6.13. The molecule has 2 aromatic rings. The van der Waals surface area contributed by atoms with Gasteiger partial charge in [-0.1, -0.05) is 36.4 Å². The third-order valence-electron chi connectivity index (χ3n) is 6.97. The highest BCUT2D eigenvalue weighted by Gasteiger charge is 2.85. The van der Waals surface area contributed by atoms with Gasteiger partial charge in [-0.3, -0.25) is 0 Å². The summed E-state index contributed by atoms with van der Waals surface area (Å²) < 4.78 is 102. The molecule has 2 heterocycles. The molecule has 6 rings (SSSR count). The van der Waals surface area contributed by atoms with Crippen LogP contribution < -0.4 is 9.47 Å². The molecule has 1 saturated carbocycles. The largest absolute Gasteiger partial charge is 0.478 e. The van der Waals surface area contributed by atoms with Crippen molar-refractivity contribution in [3.8, 4) is 11.5 Å². The van der Waals surface area contributed by atoms with E-state index in [1.165, 1.54) is 50.2 Å². The van der Waals surface area contributed by atoms with Gasteiger partial charge in [0.2, 0.25) is 0 Å². The molecule has 0 saturated heterocycles. The number of fused-ring (bicyclic) bond motifs is 8. The van der Waals surface area contributed by atoms with Gasteiger partial charge in [-0.2, -0.15) is 26.3 Å². The van der Waals surface area contributed by atoms with E-state index < -0.39 is 40.1 Å². The molecular weight excluding hydrogens is 422 g/mol. The molecule has 2 aliphatic heterocycles. The summed E-state index contributed by atoms with van der Waals surface area (Å²) in [5.74, 6) is -15.6. The molecule has 2 aliphatic carbocycles. The highest BCUT2D eigenvalue weighted by Crippen LogP contribution is 2.73. The van der Waals surface area contributed by atoms with Crippen LogP contribution in [0.25, 0.3) is 11.1 Å². The van der Waals surface area contributed by atoms with E-state index in [4.69, 9.17) is 9.47 Å². The summed E-state index contributed by atoms with van der Waals surface area (Å²) >= 11 is 0. The number of benzene rings is 2. The van der Waals surface area contributed by atoms with Crippen LogP contribution >= 0.6 is 0 Å². The Morgan fingerprint density at radius 1 is 0.548 bits per heavy atom. The number of alkyl halides is 6. The van der Waals surface area contributed by atoms with Gasteiger partial charge in [0.1, 0.15) is 11.5 Å². The van der Waals surface area contributed by atoms with E-state index in [0.29, 0.717) is 0 Å². The van der Waals surface area contributed by atoms with Crippen molar-refractivity contribution in [2.75, 3.05) is 0 Å². The van der Waals surface area contributed by atoms with Crippen molar-refractivity contribution in [3.05, 3.63) is 70.8 Å². The molecule has 0 bridgehead atoms. The first-order chi connectivity index (χ1) is 14.4. The summed E-state index contributed by atoms with van der Waals surface area (Å²) in [6, 6.07) is 12.0. The third kappa shape index (κ3) is 1.70. The average Bonchev–Trinajstić information content (AvgIpc) is 3.21. The van der Waals surface area contributed by atoms with Crippen LogP contribution in [0, 0.1) is 0 Å². The topological polar surface area (TPSA) is 18.5 Å². The van der Waals surface area contributed by atoms with E-state index in [2.05, 4.69) is 0 Å². The van der Waals surface area contributed by atoms with Gasteiger partial charge in [0.15, 0.2) is 11.2 Å². The lowest BCUT2D eigenvalue weighted by molar-refractivity contribution is -0.257. The quantitative estimate of drug-likeness (QED) is 0.463. The van der Waals surface area contributed by atoms with Crippen molar-refractivity contribution in [2.24, 2.45) is 0 Å². The zero-order chi connectivity index (χ0) is 22.2. The Bertz CT molecular complexity index is 1160. The van der Waals surface area contributed by atoms with Crippen LogP contribution in [0.5, 0.6) is 11.5 Å². The van der Waals surface area contributed by atoms with E-state index in [0.717, 1.165) is 0 Å². The Balaban J connectivity index is 1.86. The van der Waals surface area contributed by atoms with Gasteiger partial charge in [-0.05, 0) is 26.0 Å². The number of ether oxygens (including phenoxy) is 2. The molecule has 0 N–H and O–H groups in total. The zero-order valence-electron chi connectivity index (χ0n) is 16.2. The summed E-state index contributed by atoms with van der Waals surface area (Å²) in [7, 11) is 0. The first-order valence-electron chi connectivity index (χ1n) is 9.61. The van der Waals surface area contributed by atoms with Crippen LogP contribution in [0.15, 0.2) is 59.7 Å². The summed E-state index contributed by atoms with van der Waals surface area (Å²) in [5.41, 5.74) is -6.87. The average molecular weight is 436 g/mol. The predicted molar refractivity (Wildman–Crippen MR) is 99.6 cm³/mol. The van der Waals surface area contributed by atoms with Crippen molar-refractivity contribution >= 4 is 11.1 Å². The number of hydrogen-bond donors (Lipinski definition) is 0. The monoisotopic (exact) mass is 436 g/mol. The molecule has 2 nitrogen and oxygen atoms in total. The molecule has 4 aliphatic rings. The zero-order valence-corrected chi connectivity index (χ0v) is 16.2. The van der Waals surface area contributed by atoms with Gasteiger partial charge in [0, 0.05) is 33.4 Å². The van der Waals surface area contributed by atoms with E-state index in [1.807, 2.05) is 0 Å². The first-order valence-corrected chi connectivity index (χ1v) is 9.61. The van der Waals surface area contributed by atoms with E-state index in [1.54, 1.807) is 12.1 Å². The number of hydrogen-bond acceptors (Lipinski definition) is 2. The Kier molecular flexibility index (Phi) is 3.00. The summed E-state index contributed by atoms with van der Waals surface area (Å²) in [6.45, 7) is 2.84. The molecule has 2 atom stereocenters. The Hall–Kier alpha value is -2.90. The summed E-state index contributed by atoms with van der Waals surface area (Å²) in [6.07, 6.45) is 0. The van der Waals surface area contributed by atoms with Crippen molar-refractivity contribution in [2.45, 2.75) is 42.8 Å². The lowest BCUT2D eigenvalue weighted by Crippen LogP contribution is -2.58. The highest BCUT2D eigenvalue weighted by molar-refractivity contribution is 6.01. The summed E-state index contributed by atoms with van der Waals surface area (Å²) in [4.78, 5) is 0. The maximum atomic E-state index is 15.2. The van der Waals surface area contributed by atoms with Crippen molar-refractivity contribution in [3.63, 3.8) is 0 Å². The van der Waals surface area contributed by atoms with Gasteiger partial charge >= 0.3 is 17.8 Å². The van der Waals surface area contributed by atoms with Crippen LogP contribution in [0.1, 0.15) is 25.0 Å². The maximum Gasteiger partial charge on any atom is 0.380 e. The maximum absolute atomic E-state index is 15.2. The third-order valence-corrected chi connectivity index (χ3v) is 6.97. The lowest BCUT2D eigenvalue weighted by Gasteiger charge is -2.45. The fourth-order valence-corrected chi connectivity index (χ4v) is 5.39. The van der Waals surface area contributed by atoms with E-state index >= 15 is 17.6 Å². The van der Waals surface area contributed by atoms with Gasteiger partial charge < -0.3 is 9.47 Å². The van der Waals surface area contributed by atoms with E-state index in [9.17, 15) is 8.78 Å². The molecule has 31 heavy (non-hydrogen) atoms. The van der Waals surface area contributed by atoms with Crippen LogP contribution in [0.2, 0.25) is 0 Å². The second-order valence-corrected chi connectivity index (χ2v) is 8.49. The minimum atomic E-state index is -5.62. The van der Waals surface area contributed by atoms with Gasteiger partial charge in [-0.15, -0.1) is 0 Å². The van der Waals surface area contributed by atoms with Crippen LogP contribution in [-0.4, -0.2) is 29.0 Å². The van der Waals surface area contributed by atoms with Crippen molar-refractivity contribution < 1.29 is 35.8 Å². The molecule has 0 amide bonds. The number of allylic oxidation sites excluding steroid dienone is 2. The van der Waals surface area contributed by atoms with Gasteiger partial charge in [0.05, 0.1) is 0 Å². The smallest absolute Gasteiger partial charge is 0.380 e. The molecule has 0 aromatic heterocycles. The number of halogens is 6. The summed E-state index contributed by atoms with van der Waals surface area (Å²) in [5, 5.41) is 0. The number of rotatable bonds is 0. The minimum Gasteiger partial charge on any atom is -0.478 e. The van der Waals surface area contributed by atoms with Crippen LogP contribution in [0.3, 0.4) is 0 Å². The highest BCUT2D eigenvalue weighted by atomic mass is 19.3. The Morgan fingerprint density at radius 2 is 0.903 bits per heavy atom. The second kappa shape index (κ2) is 4.95. The minimum absolute atomic E-state index is 0.0745. The van der Waals surface area contributed by atoms with Crippen LogP contribution in [0.4, 0.5) is 26.3 Å². The fraction of sp³-hybridized carbons (Fsp3) is 0.304. The second-order valence-electron chi connectivity index (χ2n) is 8.49. The molecule has 0 spiro atoms. The fourth-order valence-electron chi connectivity index (χ4n) is 5.39. The Morgan fingerprint density at radius 3 is 1.29 bits per heavy atom. The molecule has 8 heteroatoms. The Labute approximate surface area is 172 Å². The van der Waals surface area contributed by atoms with Crippen molar-refractivity contribution in [1.29, 1.82) is 0 Å². The lowest BCUT2D eigenvalue weighted by atomic mass is 9.65. The van der Waals surface area contributed by atoms with E-state index in [-0.39, 0.29) is 33.8 Å². The standard InChI is InChI=1S/C23H14F6O2/c1-19-15(11-7-3-5-9-13(11)30-19)17-18(22(26,27)23(28,29)21(17,24)25)16-12-8-4-6-10-14(12)31-20(16,19)2/h3-10H,1-2H3.